The summed E-state index contributed by atoms with van der Waals surface area (Å²) in [6.45, 7) is 1.96. The van der Waals surface area contributed by atoms with Crippen LogP contribution in [-0.4, -0.2) is 5.11 Å². The third kappa shape index (κ3) is 3.50. The molecular weight excluding hydrogens is 258 g/mol. The lowest BCUT2D eigenvalue weighted by molar-refractivity contribution is 0.336. The number of benzene rings is 1. The largest absolute Gasteiger partial charge is 0.505 e. The zero-order valence-electron chi connectivity index (χ0n) is 12.2. The Balaban J connectivity index is 2.09. The molecule has 3 heteroatoms. The third-order valence-electron chi connectivity index (χ3n) is 4.40. The Morgan fingerprint density at radius 2 is 1.75 bits per heavy atom. The zero-order valence-corrected chi connectivity index (χ0v) is 12.2. The predicted molar refractivity (Wildman–Crippen MR) is 76.9 cm³/mol. The predicted octanol–water partition coefficient (Wildman–Crippen LogP) is 5.14. The smallest absolute Gasteiger partial charge is 0.200 e. The van der Waals surface area contributed by atoms with Crippen LogP contribution in [0.1, 0.15) is 63.0 Å². The third-order valence-corrected chi connectivity index (χ3v) is 4.40. The van der Waals surface area contributed by atoms with Crippen molar-refractivity contribution in [2.45, 2.75) is 64.7 Å². The molecule has 1 aliphatic carbocycles. The second-order valence-electron chi connectivity index (χ2n) is 5.96. The zero-order chi connectivity index (χ0) is 14.5. The molecule has 0 radical (unpaired) electrons. The molecule has 20 heavy (non-hydrogen) atoms. The fourth-order valence-corrected chi connectivity index (χ4v) is 3.21. The van der Waals surface area contributed by atoms with Gasteiger partial charge in [-0.15, -0.1) is 0 Å². The topological polar surface area (TPSA) is 20.2 Å². The molecule has 1 fully saturated rings. The molecule has 0 heterocycles. The number of aryl methyl sites for hydroxylation is 2. The standard InChI is InChI=1S/C17H24F2O/c1-2-6-14-11-13(15(18)16(19)17(14)20)10-9-12-7-4-3-5-8-12/h11-12,20H,2-10H2,1H3. The van der Waals surface area contributed by atoms with Gasteiger partial charge in [0.15, 0.2) is 11.6 Å². The number of phenols is 1. The van der Waals surface area contributed by atoms with Gasteiger partial charge in [0.1, 0.15) is 0 Å². The van der Waals surface area contributed by atoms with Crippen LogP contribution in [-0.2, 0) is 12.8 Å². The van der Waals surface area contributed by atoms with Gasteiger partial charge in [0.2, 0.25) is 5.82 Å². The molecule has 0 spiro atoms. The van der Waals surface area contributed by atoms with E-state index in [4.69, 9.17) is 0 Å². The second kappa shape index (κ2) is 7.05. The Hall–Kier alpha value is -1.12. The van der Waals surface area contributed by atoms with Gasteiger partial charge in [-0.3, -0.25) is 0 Å². The van der Waals surface area contributed by atoms with Crippen LogP contribution in [0.15, 0.2) is 6.07 Å². The molecule has 112 valence electrons. The fraction of sp³-hybridized carbons (Fsp3) is 0.647. The molecule has 1 nitrogen and oxygen atoms in total. The lowest BCUT2D eigenvalue weighted by atomic mass is 9.85. The lowest BCUT2D eigenvalue weighted by Crippen LogP contribution is -2.08. The minimum atomic E-state index is -1.07. The Morgan fingerprint density at radius 1 is 1.05 bits per heavy atom. The van der Waals surface area contributed by atoms with E-state index in [1.54, 1.807) is 6.07 Å². The van der Waals surface area contributed by atoms with Crippen molar-refractivity contribution in [1.29, 1.82) is 0 Å². The highest BCUT2D eigenvalue weighted by Crippen LogP contribution is 2.31. The maximum Gasteiger partial charge on any atom is 0.200 e. The molecule has 0 aliphatic heterocycles. The Bertz CT molecular complexity index is 451. The molecule has 2 rings (SSSR count). The molecule has 1 saturated carbocycles. The van der Waals surface area contributed by atoms with Crippen molar-refractivity contribution >= 4 is 0 Å². The number of halogens is 2. The highest BCUT2D eigenvalue weighted by atomic mass is 19.2. The van der Waals surface area contributed by atoms with Gasteiger partial charge in [-0.25, -0.2) is 4.39 Å². The summed E-state index contributed by atoms with van der Waals surface area (Å²) in [7, 11) is 0. The maximum atomic E-state index is 13.9. The fourth-order valence-electron chi connectivity index (χ4n) is 3.21. The van der Waals surface area contributed by atoms with Crippen LogP contribution in [0.25, 0.3) is 0 Å². The van der Waals surface area contributed by atoms with Crippen molar-refractivity contribution in [3.63, 3.8) is 0 Å². The van der Waals surface area contributed by atoms with E-state index in [-0.39, 0.29) is 0 Å². The van der Waals surface area contributed by atoms with Crippen LogP contribution in [0, 0.1) is 17.6 Å². The van der Waals surface area contributed by atoms with Crippen LogP contribution < -0.4 is 0 Å². The van der Waals surface area contributed by atoms with Crippen LogP contribution in [0.5, 0.6) is 5.75 Å². The van der Waals surface area contributed by atoms with E-state index < -0.39 is 17.4 Å². The van der Waals surface area contributed by atoms with Gasteiger partial charge in [0.25, 0.3) is 0 Å². The second-order valence-corrected chi connectivity index (χ2v) is 5.96. The highest BCUT2D eigenvalue weighted by Gasteiger charge is 2.19. The SMILES string of the molecule is CCCc1cc(CCC2CCCCC2)c(F)c(F)c1O. The number of rotatable bonds is 5. The van der Waals surface area contributed by atoms with Crippen LogP contribution >= 0.6 is 0 Å². The van der Waals surface area contributed by atoms with Crippen LogP contribution in [0.3, 0.4) is 0 Å². The summed E-state index contributed by atoms with van der Waals surface area (Å²) in [6, 6.07) is 1.65. The van der Waals surface area contributed by atoms with Crippen molar-refractivity contribution in [2.24, 2.45) is 5.92 Å². The van der Waals surface area contributed by atoms with Crippen LogP contribution in [0.2, 0.25) is 0 Å². The monoisotopic (exact) mass is 282 g/mol. The molecule has 0 unspecified atom stereocenters. The molecular formula is C17H24F2O. The Morgan fingerprint density at radius 3 is 2.40 bits per heavy atom. The summed E-state index contributed by atoms with van der Waals surface area (Å²) < 4.78 is 27.6. The summed E-state index contributed by atoms with van der Waals surface area (Å²) in [4.78, 5) is 0. The Kier molecular flexibility index (Phi) is 5.38. The van der Waals surface area contributed by atoms with E-state index >= 15 is 0 Å². The number of phenolic OH excluding ortho intramolecular Hbond substituents is 1. The van der Waals surface area contributed by atoms with E-state index in [0.29, 0.717) is 29.9 Å². The van der Waals surface area contributed by atoms with Gasteiger partial charge in [0, 0.05) is 0 Å². The summed E-state index contributed by atoms with van der Waals surface area (Å²) in [6.07, 6.45) is 9.14. The average Bonchev–Trinajstić information content (AvgIpc) is 2.48. The van der Waals surface area contributed by atoms with Crippen molar-refractivity contribution in [2.75, 3.05) is 0 Å². The van der Waals surface area contributed by atoms with Crippen molar-refractivity contribution in [3.8, 4) is 5.75 Å². The first-order chi connectivity index (χ1) is 9.63. The van der Waals surface area contributed by atoms with Crippen molar-refractivity contribution in [1.82, 2.24) is 0 Å². The first kappa shape index (κ1) is 15.3. The number of hydrogen-bond acceptors (Lipinski definition) is 1. The first-order valence-corrected chi connectivity index (χ1v) is 7.82. The van der Waals surface area contributed by atoms with Gasteiger partial charge >= 0.3 is 0 Å². The van der Waals surface area contributed by atoms with Crippen LogP contribution in [0.4, 0.5) is 8.78 Å². The lowest BCUT2D eigenvalue weighted by Gasteiger charge is -2.21. The summed E-state index contributed by atoms with van der Waals surface area (Å²) in [5, 5.41) is 9.64. The van der Waals surface area contributed by atoms with E-state index in [2.05, 4.69) is 0 Å². The molecule has 1 aromatic rings. The molecule has 0 saturated heterocycles. The average molecular weight is 282 g/mol. The van der Waals surface area contributed by atoms with Gasteiger partial charge < -0.3 is 5.11 Å². The summed E-state index contributed by atoms with van der Waals surface area (Å²) in [5.41, 5.74) is 0.958. The minimum Gasteiger partial charge on any atom is -0.505 e. The summed E-state index contributed by atoms with van der Waals surface area (Å²) >= 11 is 0. The van der Waals surface area contributed by atoms with Crippen molar-refractivity contribution in [3.05, 3.63) is 28.8 Å². The first-order valence-electron chi connectivity index (χ1n) is 7.82. The maximum absolute atomic E-state index is 13.9. The molecule has 1 aromatic carbocycles. The molecule has 0 bridgehead atoms. The number of aromatic hydroxyl groups is 1. The normalized spacial score (nSPS) is 16.6. The number of hydrogen-bond donors (Lipinski definition) is 1. The van der Waals surface area contributed by atoms with E-state index in [0.717, 1.165) is 12.8 Å². The quantitative estimate of drug-likeness (QED) is 0.793. The highest BCUT2D eigenvalue weighted by molar-refractivity contribution is 5.39. The van der Waals surface area contributed by atoms with Crippen molar-refractivity contribution < 1.29 is 13.9 Å². The van der Waals surface area contributed by atoms with E-state index in [1.807, 2.05) is 6.92 Å². The molecule has 1 aliphatic rings. The van der Waals surface area contributed by atoms with Gasteiger partial charge in [-0.1, -0.05) is 45.4 Å². The van der Waals surface area contributed by atoms with E-state index in [9.17, 15) is 13.9 Å². The molecule has 0 aromatic heterocycles. The van der Waals surface area contributed by atoms with Gasteiger partial charge in [-0.05, 0) is 42.4 Å². The molecule has 0 atom stereocenters. The Labute approximate surface area is 120 Å². The minimum absolute atomic E-state index is 0.425. The van der Waals surface area contributed by atoms with Gasteiger partial charge in [0.05, 0.1) is 0 Å². The van der Waals surface area contributed by atoms with E-state index in [1.165, 1.54) is 32.1 Å². The van der Waals surface area contributed by atoms with Gasteiger partial charge in [-0.2, -0.15) is 4.39 Å². The molecule has 0 amide bonds. The molecule has 1 N–H and O–H groups in total. The summed E-state index contributed by atoms with van der Waals surface area (Å²) in [5.74, 6) is -1.80.